The minimum absolute atomic E-state index is 1.10. The SMILES string of the molecule is c1ccc(-c2ccc(N(c3ccc(-c4ccccc4)cc3)c3ccc(-c4ccc(-n5c6cccc7ccc8cc(-c9ccccc9)cc5c8c76)cc4)cc3)cc2)cc1. The standard InChI is InChI=1S/C56H38N2/c1-4-11-39(12-5-1)42-21-29-49(30-22-42)57(50-31-23-43(24-32-50)40-13-6-2-7-14-40)51-33-25-44(26-34-51)45-27-35-52(36-28-45)58-53-18-10-17-46-19-20-47-37-48(41-15-8-3-9-16-41)38-54(58)56(47)55(46)53/h1-38H. The van der Waals surface area contributed by atoms with Crippen LogP contribution in [0.5, 0.6) is 0 Å². The molecule has 0 saturated carbocycles. The molecule has 0 amide bonds. The van der Waals surface area contributed by atoms with Crippen LogP contribution in [-0.4, -0.2) is 4.57 Å². The molecule has 0 aliphatic carbocycles. The van der Waals surface area contributed by atoms with Crippen molar-refractivity contribution in [1.82, 2.24) is 4.57 Å². The summed E-state index contributed by atoms with van der Waals surface area (Å²) in [4.78, 5) is 2.34. The lowest BCUT2D eigenvalue weighted by Gasteiger charge is -2.26. The summed E-state index contributed by atoms with van der Waals surface area (Å²) in [7, 11) is 0. The van der Waals surface area contributed by atoms with Crippen molar-refractivity contribution >= 4 is 49.6 Å². The maximum atomic E-state index is 2.44. The number of rotatable bonds is 8. The maximum Gasteiger partial charge on any atom is 0.0553 e. The van der Waals surface area contributed by atoms with Crippen LogP contribution in [0.2, 0.25) is 0 Å². The van der Waals surface area contributed by atoms with Crippen LogP contribution in [0.25, 0.3) is 82.8 Å². The van der Waals surface area contributed by atoms with E-state index in [1.165, 1.54) is 77.1 Å². The number of hydrogen-bond donors (Lipinski definition) is 0. The lowest BCUT2D eigenvalue weighted by molar-refractivity contribution is 1.18. The van der Waals surface area contributed by atoms with Gasteiger partial charge in [-0.25, -0.2) is 0 Å². The van der Waals surface area contributed by atoms with Crippen molar-refractivity contribution in [3.05, 3.63) is 231 Å². The van der Waals surface area contributed by atoms with E-state index in [4.69, 9.17) is 0 Å². The summed E-state index contributed by atoms with van der Waals surface area (Å²) in [6.45, 7) is 0. The van der Waals surface area contributed by atoms with E-state index in [0.717, 1.165) is 22.7 Å². The largest absolute Gasteiger partial charge is 0.311 e. The van der Waals surface area contributed by atoms with Crippen LogP contribution in [0.4, 0.5) is 17.1 Å². The van der Waals surface area contributed by atoms with Crippen molar-refractivity contribution < 1.29 is 0 Å². The molecule has 0 spiro atoms. The first kappa shape index (κ1) is 33.6. The molecule has 0 aliphatic heterocycles. The minimum Gasteiger partial charge on any atom is -0.311 e. The molecule has 272 valence electrons. The van der Waals surface area contributed by atoms with Gasteiger partial charge in [0.2, 0.25) is 0 Å². The molecule has 10 aromatic carbocycles. The summed E-state index contributed by atoms with van der Waals surface area (Å²) >= 11 is 0. The summed E-state index contributed by atoms with van der Waals surface area (Å²) in [5.41, 5.74) is 16.6. The summed E-state index contributed by atoms with van der Waals surface area (Å²) < 4.78 is 2.44. The molecule has 0 N–H and O–H groups in total. The average molecular weight is 739 g/mol. The Morgan fingerprint density at radius 2 is 0.655 bits per heavy atom. The van der Waals surface area contributed by atoms with Crippen LogP contribution >= 0.6 is 0 Å². The monoisotopic (exact) mass is 738 g/mol. The van der Waals surface area contributed by atoms with E-state index in [2.05, 4.69) is 240 Å². The third kappa shape index (κ3) is 5.91. The van der Waals surface area contributed by atoms with Crippen LogP contribution in [-0.2, 0) is 0 Å². The van der Waals surface area contributed by atoms with Crippen LogP contribution < -0.4 is 4.90 Å². The fourth-order valence-electron chi connectivity index (χ4n) is 8.69. The predicted octanol–water partition coefficient (Wildman–Crippen LogP) is 15.5. The van der Waals surface area contributed by atoms with E-state index in [0.29, 0.717) is 0 Å². The van der Waals surface area contributed by atoms with Gasteiger partial charge in [0.1, 0.15) is 0 Å². The lowest BCUT2D eigenvalue weighted by atomic mass is 9.97. The maximum absolute atomic E-state index is 2.44. The van der Waals surface area contributed by atoms with Crippen molar-refractivity contribution in [2.45, 2.75) is 0 Å². The van der Waals surface area contributed by atoms with Gasteiger partial charge in [-0.15, -0.1) is 0 Å². The molecule has 0 bridgehead atoms. The molecule has 2 nitrogen and oxygen atoms in total. The van der Waals surface area contributed by atoms with Gasteiger partial charge in [-0.2, -0.15) is 0 Å². The molecule has 11 aromatic rings. The summed E-state index contributed by atoms with van der Waals surface area (Å²) in [5.74, 6) is 0. The molecule has 0 radical (unpaired) electrons. The number of benzene rings is 10. The number of hydrogen-bond acceptors (Lipinski definition) is 1. The Kier molecular flexibility index (Phi) is 8.19. The molecule has 58 heavy (non-hydrogen) atoms. The molecule has 11 rings (SSSR count). The number of aromatic nitrogens is 1. The molecule has 2 heteroatoms. The summed E-state index contributed by atoms with van der Waals surface area (Å²) in [5, 5.41) is 5.18. The molecular weight excluding hydrogens is 701 g/mol. The second-order valence-electron chi connectivity index (χ2n) is 15.0. The van der Waals surface area contributed by atoms with Gasteiger partial charge in [0.15, 0.2) is 0 Å². The Labute approximate surface area is 338 Å². The van der Waals surface area contributed by atoms with Crippen molar-refractivity contribution in [2.75, 3.05) is 4.90 Å². The highest BCUT2D eigenvalue weighted by atomic mass is 15.1. The van der Waals surface area contributed by atoms with Crippen molar-refractivity contribution in [3.63, 3.8) is 0 Å². The third-order valence-electron chi connectivity index (χ3n) is 11.6. The van der Waals surface area contributed by atoms with Crippen LogP contribution in [0, 0.1) is 0 Å². The van der Waals surface area contributed by atoms with Crippen molar-refractivity contribution in [1.29, 1.82) is 0 Å². The van der Waals surface area contributed by atoms with E-state index in [9.17, 15) is 0 Å². The Hall–Kier alpha value is -7.68. The Balaban J connectivity index is 0.952. The smallest absolute Gasteiger partial charge is 0.0553 e. The first-order valence-electron chi connectivity index (χ1n) is 19.9. The van der Waals surface area contributed by atoms with Gasteiger partial charge in [-0.05, 0) is 122 Å². The molecule has 1 heterocycles. The Bertz CT molecular complexity index is 3060. The minimum atomic E-state index is 1.10. The lowest BCUT2D eigenvalue weighted by Crippen LogP contribution is -2.09. The van der Waals surface area contributed by atoms with Crippen LogP contribution in [0.15, 0.2) is 231 Å². The van der Waals surface area contributed by atoms with E-state index < -0.39 is 0 Å². The normalized spacial score (nSPS) is 11.4. The number of nitrogens with zero attached hydrogens (tertiary/aromatic N) is 2. The van der Waals surface area contributed by atoms with Crippen molar-refractivity contribution in [3.8, 4) is 50.2 Å². The first-order valence-corrected chi connectivity index (χ1v) is 19.9. The fraction of sp³-hybridized carbons (Fsp3) is 0. The molecular formula is C56H38N2. The zero-order valence-electron chi connectivity index (χ0n) is 31.8. The van der Waals surface area contributed by atoms with Gasteiger partial charge in [-0.3, -0.25) is 0 Å². The van der Waals surface area contributed by atoms with Gasteiger partial charge in [0.25, 0.3) is 0 Å². The average Bonchev–Trinajstić information content (AvgIpc) is 3.65. The van der Waals surface area contributed by atoms with E-state index in [1.54, 1.807) is 0 Å². The van der Waals surface area contributed by atoms with Gasteiger partial charge in [-0.1, -0.05) is 164 Å². The third-order valence-corrected chi connectivity index (χ3v) is 11.6. The Morgan fingerprint density at radius 1 is 0.259 bits per heavy atom. The van der Waals surface area contributed by atoms with Gasteiger partial charge in [0.05, 0.1) is 11.0 Å². The predicted molar refractivity (Wildman–Crippen MR) is 246 cm³/mol. The molecule has 0 saturated heterocycles. The molecule has 0 atom stereocenters. The van der Waals surface area contributed by atoms with Crippen LogP contribution in [0.3, 0.4) is 0 Å². The Morgan fingerprint density at radius 3 is 1.14 bits per heavy atom. The van der Waals surface area contributed by atoms with Gasteiger partial charge < -0.3 is 9.47 Å². The molecule has 0 unspecified atom stereocenters. The van der Waals surface area contributed by atoms with E-state index >= 15 is 0 Å². The van der Waals surface area contributed by atoms with E-state index in [-0.39, 0.29) is 0 Å². The zero-order chi connectivity index (χ0) is 38.4. The quantitative estimate of drug-likeness (QED) is 0.141. The zero-order valence-corrected chi connectivity index (χ0v) is 31.8. The summed E-state index contributed by atoms with van der Waals surface area (Å²) in [6.07, 6.45) is 0. The highest BCUT2D eigenvalue weighted by Crippen LogP contribution is 2.42. The van der Waals surface area contributed by atoms with Crippen molar-refractivity contribution in [2.24, 2.45) is 0 Å². The highest BCUT2D eigenvalue weighted by molar-refractivity contribution is 6.25. The molecule has 0 fully saturated rings. The topological polar surface area (TPSA) is 8.17 Å². The fourth-order valence-corrected chi connectivity index (χ4v) is 8.69. The van der Waals surface area contributed by atoms with Gasteiger partial charge in [0, 0.05) is 33.5 Å². The molecule has 0 aliphatic rings. The van der Waals surface area contributed by atoms with E-state index in [1.807, 2.05) is 0 Å². The highest BCUT2D eigenvalue weighted by Gasteiger charge is 2.19. The molecule has 1 aromatic heterocycles. The summed E-state index contributed by atoms with van der Waals surface area (Å²) in [6, 6.07) is 83.5. The first-order chi connectivity index (χ1) is 28.7. The van der Waals surface area contributed by atoms with Gasteiger partial charge >= 0.3 is 0 Å². The van der Waals surface area contributed by atoms with Crippen LogP contribution in [0.1, 0.15) is 0 Å². The number of anilines is 3. The second-order valence-corrected chi connectivity index (χ2v) is 15.0. The second kappa shape index (κ2) is 14.1.